The summed E-state index contributed by atoms with van der Waals surface area (Å²) in [7, 11) is 0. The highest BCUT2D eigenvalue weighted by molar-refractivity contribution is 5.83. The molecule has 0 heterocycles. The van der Waals surface area contributed by atoms with Crippen molar-refractivity contribution in [2.45, 2.75) is 20.8 Å². The van der Waals surface area contributed by atoms with Crippen molar-refractivity contribution in [1.82, 2.24) is 0 Å². The Morgan fingerprint density at radius 1 is 0.950 bits per heavy atom. The van der Waals surface area contributed by atoms with Crippen LogP contribution in [0.1, 0.15) is 25.0 Å². The lowest BCUT2D eigenvalue weighted by molar-refractivity contribution is 0.866. The van der Waals surface area contributed by atoms with Crippen LogP contribution in [0.5, 0.6) is 0 Å². The molecule has 0 saturated heterocycles. The molecular weight excluding hydrogens is 244 g/mol. The summed E-state index contributed by atoms with van der Waals surface area (Å²) in [6.07, 6.45) is 1.93. The second kappa shape index (κ2) is 6.90. The fraction of sp³-hybridized carbons (Fsp3) is 0.278. The fourth-order valence-electron chi connectivity index (χ4n) is 2.21. The Labute approximate surface area is 121 Å². The zero-order valence-corrected chi connectivity index (χ0v) is 12.5. The van der Waals surface area contributed by atoms with Crippen molar-refractivity contribution >= 4 is 17.6 Å². The van der Waals surface area contributed by atoms with Gasteiger partial charge in [0.2, 0.25) is 0 Å². The molecule has 20 heavy (non-hydrogen) atoms. The lowest BCUT2D eigenvalue weighted by atomic mass is 10.1. The van der Waals surface area contributed by atoms with Gasteiger partial charge in [-0.1, -0.05) is 24.3 Å². The average Bonchev–Trinajstić information content (AvgIpc) is 2.49. The van der Waals surface area contributed by atoms with Crippen molar-refractivity contribution in [2.24, 2.45) is 4.99 Å². The summed E-state index contributed by atoms with van der Waals surface area (Å²) in [4.78, 5) is 6.87. The quantitative estimate of drug-likeness (QED) is 0.723. The van der Waals surface area contributed by atoms with Gasteiger partial charge in [-0.15, -0.1) is 0 Å². The van der Waals surface area contributed by atoms with Gasteiger partial charge in [-0.2, -0.15) is 0 Å². The monoisotopic (exact) mass is 266 g/mol. The molecule has 2 rings (SSSR count). The van der Waals surface area contributed by atoms with E-state index in [0.717, 1.165) is 18.8 Å². The molecule has 0 atom stereocenters. The molecular formula is C18H22N2. The van der Waals surface area contributed by atoms with Gasteiger partial charge in [0, 0.05) is 25.0 Å². The molecule has 2 aromatic rings. The lowest BCUT2D eigenvalue weighted by Gasteiger charge is -2.20. The van der Waals surface area contributed by atoms with E-state index in [2.05, 4.69) is 67.1 Å². The van der Waals surface area contributed by atoms with Crippen molar-refractivity contribution in [2.75, 3.05) is 18.0 Å². The van der Waals surface area contributed by atoms with E-state index in [1.54, 1.807) is 0 Å². The molecule has 0 fully saturated rings. The molecule has 0 saturated carbocycles. The Balaban J connectivity index is 2.13. The first kappa shape index (κ1) is 14.3. The Morgan fingerprint density at radius 3 is 2.20 bits per heavy atom. The number of aliphatic imine (C=N–C) groups is 1. The van der Waals surface area contributed by atoms with E-state index in [-0.39, 0.29) is 0 Å². The van der Waals surface area contributed by atoms with Gasteiger partial charge in [0.05, 0.1) is 5.69 Å². The summed E-state index contributed by atoms with van der Waals surface area (Å²) in [5, 5.41) is 0. The van der Waals surface area contributed by atoms with E-state index in [1.165, 1.54) is 16.8 Å². The van der Waals surface area contributed by atoms with Crippen molar-refractivity contribution in [3.8, 4) is 0 Å². The number of anilines is 1. The second-order valence-electron chi connectivity index (χ2n) is 4.80. The van der Waals surface area contributed by atoms with E-state index in [0.29, 0.717) is 0 Å². The van der Waals surface area contributed by atoms with Crippen molar-refractivity contribution in [1.29, 1.82) is 0 Å². The predicted octanol–water partition coefficient (Wildman–Crippen LogP) is 4.59. The van der Waals surface area contributed by atoms with Gasteiger partial charge in [0.25, 0.3) is 0 Å². The number of benzene rings is 2. The van der Waals surface area contributed by atoms with Gasteiger partial charge in [-0.25, -0.2) is 0 Å². The number of hydrogen-bond acceptors (Lipinski definition) is 2. The maximum Gasteiger partial charge on any atom is 0.0631 e. The predicted molar refractivity (Wildman–Crippen MR) is 88.4 cm³/mol. The zero-order valence-electron chi connectivity index (χ0n) is 12.5. The van der Waals surface area contributed by atoms with Crippen LogP contribution in [0.15, 0.2) is 53.5 Å². The number of rotatable bonds is 5. The van der Waals surface area contributed by atoms with Crippen LogP contribution in [0.4, 0.5) is 11.4 Å². The largest absolute Gasteiger partial charge is 0.372 e. The van der Waals surface area contributed by atoms with Crippen molar-refractivity contribution < 1.29 is 0 Å². The Morgan fingerprint density at radius 2 is 1.60 bits per heavy atom. The van der Waals surface area contributed by atoms with E-state index >= 15 is 0 Å². The van der Waals surface area contributed by atoms with Gasteiger partial charge in [0.15, 0.2) is 0 Å². The molecule has 2 heteroatoms. The number of hydrogen-bond donors (Lipinski definition) is 0. The van der Waals surface area contributed by atoms with Crippen LogP contribution in [0.25, 0.3) is 0 Å². The molecule has 0 aromatic heterocycles. The molecule has 2 nitrogen and oxygen atoms in total. The summed E-state index contributed by atoms with van der Waals surface area (Å²) in [5.41, 5.74) is 4.66. The van der Waals surface area contributed by atoms with E-state index in [9.17, 15) is 0 Å². The third-order valence-corrected chi connectivity index (χ3v) is 3.52. The van der Waals surface area contributed by atoms with Crippen LogP contribution in [0, 0.1) is 6.92 Å². The smallest absolute Gasteiger partial charge is 0.0631 e. The summed E-state index contributed by atoms with van der Waals surface area (Å²) in [6, 6.07) is 16.7. The Kier molecular flexibility index (Phi) is 4.94. The first-order chi connectivity index (χ1) is 9.74. The van der Waals surface area contributed by atoms with Crippen LogP contribution in [0.3, 0.4) is 0 Å². The first-order valence-electron chi connectivity index (χ1n) is 7.19. The minimum absolute atomic E-state index is 0.990. The van der Waals surface area contributed by atoms with E-state index < -0.39 is 0 Å². The SMILES string of the molecule is CCN(CC)c1ccc(N=Cc2ccccc2C)cc1. The van der Waals surface area contributed by atoms with Crippen molar-refractivity contribution in [3.05, 3.63) is 59.7 Å². The Hall–Kier alpha value is -2.09. The third kappa shape index (κ3) is 3.47. The lowest BCUT2D eigenvalue weighted by Crippen LogP contribution is -2.21. The van der Waals surface area contributed by atoms with Gasteiger partial charge in [-0.3, -0.25) is 4.99 Å². The molecule has 0 bridgehead atoms. The minimum Gasteiger partial charge on any atom is -0.372 e. The van der Waals surface area contributed by atoms with Gasteiger partial charge >= 0.3 is 0 Å². The van der Waals surface area contributed by atoms with Crippen LogP contribution < -0.4 is 4.90 Å². The fourth-order valence-corrected chi connectivity index (χ4v) is 2.21. The van der Waals surface area contributed by atoms with Crippen LogP contribution >= 0.6 is 0 Å². The molecule has 0 amide bonds. The standard InChI is InChI=1S/C18H22N2/c1-4-20(5-2)18-12-10-17(11-13-18)19-14-16-9-7-6-8-15(16)3/h6-14H,4-5H2,1-3H3. The van der Waals surface area contributed by atoms with Crippen LogP contribution in [0.2, 0.25) is 0 Å². The van der Waals surface area contributed by atoms with Gasteiger partial charge in [-0.05, 0) is 56.2 Å². The third-order valence-electron chi connectivity index (χ3n) is 3.52. The summed E-state index contributed by atoms with van der Waals surface area (Å²) >= 11 is 0. The van der Waals surface area contributed by atoms with E-state index in [4.69, 9.17) is 0 Å². The molecule has 2 aromatic carbocycles. The number of nitrogens with zero attached hydrogens (tertiary/aromatic N) is 2. The molecule has 0 unspecified atom stereocenters. The molecule has 0 aliphatic rings. The molecule has 0 radical (unpaired) electrons. The van der Waals surface area contributed by atoms with Gasteiger partial charge < -0.3 is 4.90 Å². The maximum absolute atomic E-state index is 4.55. The number of aryl methyl sites for hydroxylation is 1. The van der Waals surface area contributed by atoms with Gasteiger partial charge in [0.1, 0.15) is 0 Å². The normalized spacial score (nSPS) is 10.9. The van der Waals surface area contributed by atoms with Crippen LogP contribution in [-0.4, -0.2) is 19.3 Å². The molecule has 0 N–H and O–H groups in total. The average molecular weight is 266 g/mol. The summed E-state index contributed by atoms with van der Waals surface area (Å²) in [5.74, 6) is 0. The molecule has 0 aliphatic heterocycles. The Bertz CT molecular complexity index is 566. The maximum atomic E-state index is 4.55. The molecule has 0 aliphatic carbocycles. The molecule has 0 spiro atoms. The molecule has 104 valence electrons. The summed E-state index contributed by atoms with van der Waals surface area (Å²) < 4.78 is 0. The minimum atomic E-state index is 0.990. The zero-order chi connectivity index (χ0) is 14.4. The highest BCUT2D eigenvalue weighted by atomic mass is 15.1. The summed E-state index contributed by atoms with van der Waals surface area (Å²) in [6.45, 7) is 8.51. The highest BCUT2D eigenvalue weighted by Crippen LogP contribution is 2.19. The van der Waals surface area contributed by atoms with E-state index in [1.807, 2.05) is 18.3 Å². The first-order valence-corrected chi connectivity index (χ1v) is 7.19. The van der Waals surface area contributed by atoms with Crippen molar-refractivity contribution in [3.63, 3.8) is 0 Å². The highest BCUT2D eigenvalue weighted by Gasteiger charge is 2.00. The second-order valence-corrected chi connectivity index (χ2v) is 4.80. The van der Waals surface area contributed by atoms with Crippen LogP contribution in [-0.2, 0) is 0 Å². The topological polar surface area (TPSA) is 15.6 Å².